The lowest BCUT2D eigenvalue weighted by Gasteiger charge is -2.31. The van der Waals surface area contributed by atoms with Crippen LogP contribution in [0, 0.1) is 5.92 Å². The van der Waals surface area contributed by atoms with Gasteiger partial charge in [0, 0.05) is 12.6 Å². The number of hydrogen-bond acceptors (Lipinski definition) is 2. The van der Waals surface area contributed by atoms with Gasteiger partial charge < -0.3 is 10.6 Å². The molecule has 1 amide bonds. The van der Waals surface area contributed by atoms with Crippen LogP contribution in [-0.2, 0) is 4.79 Å². The SMILES string of the molecule is C[C@@H](N)C(=O)N(CC1CCCCC1)C1CC1. The van der Waals surface area contributed by atoms with Crippen LogP contribution in [-0.4, -0.2) is 29.4 Å². The van der Waals surface area contributed by atoms with Crippen molar-refractivity contribution in [2.75, 3.05) is 6.54 Å². The summed E-state index contributed by atoms with van der Waals surface area (Å²) in [4.78, 5) is 14.1. The molecule has 2 saturated carbocycles. The molecule has 2 aliphatic rings. The van der Waals surface area contributed by atoms with Crippen LogP contribution in [0.25, 0.3) is 0 Å². The van der Waals surface area contributed by atoms with E-state index in [0.717, 1.165) is 12.5 Å². The van der Waals surface area contributed by atoms with Gasteiger partial charge in [0.25, 0.3) is 0 Å². The minimum atomic E-state index is -0.329. The number of nitrogens with two attached hydrogens (primary N) is 1. The summed E-state index contributed by atoms with van der Waals surface area (Å²) in [6.45, 7) is 2.77. The van der Waals surface area contributed by atoms with Gasteiger partial charge in [-0.3, -0.25) is 4.79 Å². The van der Waals surface area contributed by atoms with Crippen molar-refractivity contribution in [3.05, 3.63) is 0 Å². The summed E-state index contributed by atoms with van der Waals surface area (Å²) in [7, 11) is 0. The second-order valence-corrected chi connectivity index (χ2v) is 5.51. The third-order valence-corrected chi connectivity index (χ3v) is 3.84. The monoisotopic (exact) mass is 224 g/mol. The Morgan fingerprint density at radius 3 is 2.38 bits per heavy atom. The van der Waals surface area contributed by atoms with Crippen LogP contribution in [0.1, 0.15) is 51.9 Å². The molecule has 0 spiro atoms. The fourth-order valence-electron chi connectivity index (χ4n) is 2.71. The molecule has 92 valence electrons. The van der Waals surface area contributed by atoms with E-state index in [9.17, 15) is 4.79 Å². The topological polar surface area (TPSA) is 46.3 Å². The predicted octanol–water partition coefficient (Wildman–Crippen LogP) is 1.90. The Kier molecular flexibility index (Phi) is 3.85. The van der Waals surface area contributed by atoms with Crippen molar-refractivity contribution in [2.45, 2.75) is 64.0 Å². The van der Waals surface area contributed by atoms with E-state index >= 15 is 0 Å². The molecule has 0 heterocycles. The summed E-state index contributed by atoms with van der Waals surface area (Å²) in [6, 6.07) is 0.185. The lowest BCUT2D eigenvalue weighted by Crippen LogP contribution is -2.45. The zero-order chi connectivity index (χ0) is 11.5. The molecule has 0 unspecified atom stereocenters. The normalized spacial score (nSPS) is 24.1. The van der Waals surface area contributed by atoms with Gasteiger partial charge in [0.15, 0.2) is 0 Å². The molecule has 0 aromatic heterocycles. The first-order valence-corrected chi connectivity index (χ1v) is 6.74. The van der Waals surface area contributed by atoms with Gasteiger partial charge in [-0.1, -0.05) is 19.3 Å². The first-order valence-electron chi connectivity index (χ1n) is 6.74. The van der Waals surface area contributed by atoms with Crippen LogP contribution in [0.4, 0.5) is 0 Å². The van der Waals surface area contributed by atoms with E-state index in [4.69, 9.17) is 5.73 Å². The van der Waals surface area contributed by atoms with E-state index < -0.39 is 0 Å². The molecule has 0 aromatic rings. The summed E-state index contributed by atoms with van der Waals surface area (Å²) in [5.74, 6) is 0.894. The van der Waals surface area contributed by atoms with Crippen molar-refractivity contribution in [3.8, 4) is 0 Å². The molecule has 3 heteroatoms. The number of amides is 1. The number of nitrogens with zero attached hydrogens (tertiary/aromatic N) is 1. The molecule has 2 aliphatic carbocycles. The molecule has 16 heavy (non-hydrogen) atoms. The summed E-state index contributed by atoms with van der Waals surface area (Å²) < 4.78 is 0. The summed E-state index contributed by atoms with van der Waals surface area (Å²) in [5, 5.41) is 0. The van der Waals surface area contributed by atoms with E-state index in [-0.39, 0.29) is 11.9 Å². The second kappa shape index (κ2) is 5.17. The lowest BCUT2D eigenvalue weighted by molar-refractivity contribution is -0.133. The number of rotatable bonds is 4. The third kappa shape index (κ3) is 2.97. The van der Waals surface area contributed by atoms with E-state index in [0.29, 0.717) is 6.04 Å². The van der Waals surface area contributed by atoms with Gasteiger partial charge in [0.1, 0.15) is 0 Å². The predicted molar refractivity (Wildman–Crippen MR) is 65.0 cm³/mol. The minimum Gasteiger partial charge on any atom is -0.338 e. The fourth-order valence-corrected chi connectivity index (χ4v) is 2.71. The largest absolute Gasteiger partial charge is 0.338 e. The second-order valence-electron chi connectivity index (χ2n) is 5.51. The molecule has 1 atom stereocenters. The maximum absolute atomic E-state index is 12.0. The standard InChI is InChI=1S/C13H24N2O/c1-10(14)13(16)15(12-7-8-12)9-11-5-3-2-4-6-11/h10-12H,2-9,14H2,1H3/t10-/m1/s1. The van der Waals surface area contributed by atoms with Crippen molar-refractivity contribution in [2.24, 2.45) is 11.7 Å². The van der Waals surface area contributed by atoms with Gasteiger partial charge in [-0.05, 0) is 38.5 Å². The van der Waals surface area contributed by atoms with Gasteiger partial charge in [0.05, 0.1) is 6.04 Å². The number of carbonyl (C=O) groups excluding carboxylic acids is 1. The van der Waals surface area contributed by atoms with Crippen LogP contribution >= 0.6 is 0 Å². The molecule has 2 N–H and O–H groups in total. The van der Waals surface area contributed by atoms with Gasteiger partial charge in [-0.2, -0.15) is 0 Å². The van der Waals surface area contributed by atoms with Crippen LogP contribution in [0.5, 0.6) is 0 Å². The molecule has 2 fully saturated rings. The van der Waals surface area contributed by atoms with Crippen LogP contribution in [0.2, 0.25) is 0 Å². The highest BCUT2D eigenvalue weighted by molar-refractivity contribution is 5.81. The van der Waals surface area contributed by atoms with Crippen LogP contribution in [0.3, 0.4) is 0 Å². The van der Waals surface area contributed by atoms with Gasteiger partial charge in [-0.25, -0.2) is 0 Å². The number of carbonyl (C=O) groups is 1. The fraction of sp³-hybridized carbons (Fsp3) is 0.923. The molecule has 0 bridgehead atoms. The Bertz CT molecular complexity index is 242. The third-order valence-electron chi connectivity index (χ3n) is 3.84. The van der Waals surface area contributed by atoms with Crippen molar-refractivity contribution >= 4 is 5.91 Å². The minimum absolute atomic E-state index is 0.160. The molecule has 0 aliphatic heterocycles. The zero-order valence-electron chi connectivity index (χ0n) is 10.3. The first-order chi connectivity index (χ1) is 7.68. The Balaban J connectivity index is 1.89. The summed E-state index contributed by atoms with van der Waals surface area (Å²) in [6.07, 6.45) is 9.04. The number of hydrogen-bond donors (Lipinski definition) is 1. The summed E-state index contributed by atoms with van der Waals surface area (Å²) >= 11 is 0. The van der Waals surface area contributed by atoms with Crippen molar-refractivity contribution in [1.29, 1.82) is 0 Å². The molecule has 0 saturated heterocycles. The Labute approximate surface area is 98.4 Å². The highest BCUT2D eigenvalue weighted by Crippen LogP contribution is 2.31. The zero-order valence-corrected chi connectivity index (χ0v) is 10.3. The van der Waals surface area contributed by atoms with E-state index in [1.165, 1.54) is 44.9 Å². The lowest BCUT2D eigenvalue weighted by atomic mass is 9.89. The van der Waals surface area contributed by atoms with Gasteiger partial charge in [-0.15, -0.1) is 0 Å². The van der Waals surface area contributed by atoms with Crippen molar-refractivity contribution in [1.82, 2.24) is 4.90 Å². The smallest absolute Gasteiger partial charge is 0.239 e. The molecule has 3 nitrogen and oxygen atoms in total. The van der Waals surface area contributed by atoms with Gasteiger partial charge in [0.2, 0.25) is 5.91 Å². The Morgan fingerprint density at radius 1 is 1.25 bits per heavy atom. The quantitative estimate of drug-likeness (QED) is 0.793. The molecule has 0 radical (unpaired) electrons. The average Bonchev–Trinajstić information content (AvgIpc) is 3.10. The van der Waals surface area contributed by atoms with E-state index in [1.54, 1.807) is 6.92 Å². The maximum Gasteiger partial charge on any atom is 0.239 e. The highest BCUT2D eigenvalue weighted by atomic mass is 16.2. The van der Waals surface area contributed by atoms with Crippen molar-refractivity contribution < 1.29 is 4.79 Å². The molecule has 0 aromatic carbocycles. The van der Waals surface area contributed by atoms with E-state index in [2.05, 4.69) is 4.90 Å². The Morgan fingerprint density at radius 2 is 1.88 bits per heavy atom. The first kappa shape index (κ1) is 11.9. The average molecular weight is 224 g/mol. The van der Waals surface area contributed by atoms with Gasteiger partial charge >= 0.3 is 0 Å². The van der Waals surface area contributed by atoms with Crippen LogP contribution < -0.4 is 5.73 Å². The van der Waals surface area contributed by atoms with Crippen molar-refractivity contribution in [3.63, 3.8) is 0 Å². The Hall–Kier alpha value is -0.570. The highest BCUT2D eigenvalue weighted by Gasteiger charge is 2.35. The maximum atomic E-state index is 12.0. The van der Waals surface area contributed by atoms with E-state index in [1.807, 2.05) is 0 Å². The van der Waals surface area contributed by atoms with Crippen LogP contribution in [0.15, 0.2) is 0 Å². The summed E-state index contributed by atoms with van der Waals surface area (Å²) in [5.41, 5.74) is 5.72. The molecular weight excluding hydrogens is 200 g/mol. The molecule has 2 rings (SSSR count). The molecular formula is C13H24N2O.